The van der Waals surface area contributed by atoms with Crippen LogP contribution in [0.15, 0.2) is 84.9 Å². The zero-order valence-electron chi connectivity index (χ0n) is 18.3. The predicted molar refractivity (Wildman–Crippen MR) is 130 cm³/mol. The van der Waals surface area contributed by atoms with Crippen LogP contribution in [0, 0.1) is 0 Å². The standard InChI is InChI=1S/C28H27N2O/c1-4-30-26-11-7-9-20-8-6-10-25(27(20)26)28(30)21-12-14-22(15-13-21)29(3)23-16-18-24(19-17-23)31-5-2/h6-19H,4-5H2,1-3H3/q+1. The maximum Gasteiger partial charge on any atom is 0.221 e. The average molecular weight is 408 g/mol. The van der Waals surface area contributed by atoms with E-state index in [1.54, 1.807) is 0 Å². The van der Waals surface area contributed by atoms with Gasteiger partial charge in [0.05, 0.1) is 17.6 Å². The molecule has 0 saturated heterocycles. The van der Waals surface area contributed by atoms with Crippen LogP contribution in [0.4, 0.5) is 17.1 Å². The van der Waals surface area contributed by atoms with Crippen LogP contribution in [-0.4, -0.2) is 30.5 Å². The van der Waals surface area contributed by atoms with E-state index in [1.165, 1.54) is 33.3 Å². The van der Waals surface area contributed by atoms with E-state index in [0.717, 1.165) is 23.7 Å². The van der Waals surface area contributed by atoms with Gasteiger partial charge in [-0.1, -0.05) is 24.3 Å². The van der Waals surface area contributed by atoms with Crippen LogP contribution in [0.5, 0.6) is 5.75 Å². The molecule has 1 aliphatic rings. The molecule has 154 valence electrons. The van der Waals surface area contributed by atoms with E-state index in [0.29, 0.717) is 6.61 Å². The lowest BCUT2D eigenvalue weighted by Crippen LogP contribution is -2.15. The highest BCUT2D eigenvalue weighted by molar-refractivity contribution is 6.22. The predicted octanol–water partition coefficient (Wildman–Crippen LogP) is 6.52. The average Bonchev–Trinajstić information content (AvgIpc) is 3.15. The lowest BCUT2D eigenvalue weighted by molar-refractivity contribution is -0.431. The molecule has 1 aliphatic heterocycles. The van der Waals surface area contributed by atoms with E-state index in [2.05, 4.69) is 96.2 Å². The third kappa shape index (κ3) is 3.27. The lowest BCUT2D eigenvalue weighted by atomic mass is 9.98. The normalized spacial score (nSPS) is 12.5. The number of hydrogen-bond acceptors (Lipinski definition) is 2. The van der Waals surface area contributed by atoms with Crippen LogP contribution in [0.25, 0.3) is 10.8 Å². The van der Waals surface area contributed by atoms with Crippen molar-refractivity contribution in [1.82, 2.24) is 0 Å². The van der Waals surface area contributed by atoms with Gasteiger partial charge < -0.3 is 9.64 Å². The van der Waals surface area contributed by atoms with E-state index in [9.17, 15) is 0 Å². The van der Waals surface area contributed by atoms with Crippen molar-refractivity contribution in [1.29, 1.82) is 0 Å². The highest BCUT2D eigenvalue weighted by Gasteiger charge is 2.31. The Balaban J connectivity index is 1.49. The summed E-state index contributed by atoms with van der Waals surface area (Å²) in [5, 5.41) is 2.66. The fraction of sp³-hybridized carbons (Fsp3) is 0.179. The van der Waals surface area contributed by atoms with Crippen molar-refractivity contribution in [3.05, 3.63) is 96.1 Å². The van der Waals surface area contributed by atoms with E-state index >= 15 is 0 Å². The van der Waals surface area contributed by atoms with Gasteiger partial charge in [0.15, 0.2) is 0 Å². The van der Waals surface area contributed by atoms with Gasteiger partial charge in [-0.05, 0) is 73.8 Å². The highest BCUT2D eigenvalue weighted by atomic mass is 16.5. The van der Waals surface area contributed by atoms with E-state index in [1.807, 2.05) is 19.1 Å². The minimum Gasteiger partial charge on any atom is -0.494 e. The van der Waals surface area contributed by atoms with Crippen molar-refractivity contribution in [2.24, 2.45) is 0 Å². The van der Waals surface area contributed by atoms with Crippen LogP contribution in [0.2, 0.25) is 0 Å². The Labute approximate surface area is 183 Å². The van der Waals surface area contributed by atoms with Gasteiger partial charge in [0.2, 0.25) is 11.4 Å². The highest BCUT2D eigenvalue weighted by Crippen LogP contribution is 2.37. The molecule has 0 saturated carbocycles. The molecule has 0 spiro atoms. The number of benzene rings is 4. The Morgan fingerprint density at radius 1 is 0.774 bits per heavy atom. The van der Waals surface area contributed by atoms with Gasteiger partial charge in [-0.2, -0.15) is 4.58 Å². The molecule has 4 aromatic carbocycles. The second-order valence-corrected chi connectivity index (χ2v) is 7.81. The lowest BCUT2D eigenvalue weighted by Gasteiger charge is -2.20. The number of anilines is 2. The molecular weight excluding hydrogens is 380 g/mol. The summed E-state index contributed by atoms with van der Waals surface area (Å²) in [4.78, 5) is 2.20. The van der Waals surface area contributed by atoms with Gasteiger partial charge in [0.25, 0.3) is 0 Å². The number of nitrogens with zero attached hydrogens (tertiary/aromatic N) is 2. The number of hydrogen-bond donors (Lipinski definition) is 0. The molecule has 0 radical (unpaired) electrons. The SMILES string of the molecule is CCOc1ccc(N(C)c2ccc(C3=[N+](CC)c4cccc5cccc3c45)cc2)cc1. The molecule has 3 heteroatoms. The van der Waals surface area contributed by atoms with Crippen LogP contribution in [-0.2, 0) is 0 Å². The van der Waals surface area contributed by atoms with Crippen molar-refractivity contribution in [2.75, 3.05) is 25.1 Å². The second kappa shape index (κ2) is 7.92. The summed E-state index contributed by atoms with van der Waals surface area (Å²) < 4.78 is 8.00. The molecule has 0 atom stereocenters. The van der Waals surface area contributed by atoms with Gasteiger partial charge in [0, 0.05) is 30.1 Å². The molecule has 5 rings (SSSR count). The third-order valence-corrected chi connectivity index (χ3v) is 6.08. The van der Waals surface area contributed by atoms with Gasteiger partial charge in [-0.3, -0.25) is 0 Å². The van der Waals surface area contributed by atoms with Crippen molar-refractivity contribution >= 4 is 33.5 Å². The minimum atomic E-state index is 0.682. The Morgan fingerprint density at radius 3 is 2.06 bits per heavy atom. The van der Waals surface area contributed by atoms with E-state index in [-0.39, 0.29) is 0 Å². The van der Waals surface area contributed by atoms with Gasteiger partial charge in [-0.15, -0.1) is 0 Å². The first-order valence-corrected chi connectivity index (χ1v) is 10.9. The fourth-order valence-electron chi connectivity index (χ4n) is 4.57. The summed E-state index contributed by atoms with van der Waals surface area (Å²) in [6.07, 6.45) is 0. The third-order valence-electron chi connectivity index (χ3n) is 6.08. The first kappa shape index (κ1) is 19.4. The molecule has 0 bridgehead atoms. The van der Waals surface area contributed by atoms with Gasteiger partial charge in [-0.25, -0.2) is 0 Å². The molecule has 0 aliphatic carbocycles. The monoisotopic (exact) mass is 407 g/mol. The minimum absolute atomic E-state index is 0.682. The second-order valence-electron chi connectivity index (χ2n) is 7.81. The summed E-state index contributed by atoms with van der Waals surface area (Å²) in [7, 11) is 2.10. The maximum atomic E-state index is 5.56. The molecule has 0 unspecified atom stereocenters. The van der Waals surface area contributed by atoms with E-state index in [4.69, 9.17) is 4.74 Å². The van der Waals surface area contributed by atoms with Gasteiger partial charge >= 0.3 is 0 Å². The topological polar surface area (TPSA) is 15.5 Å². The molecular formula is C28H27N2O+. The summed E-state index contributed by atoms with van der Waals surface area (Å²) in [6.45, 7) is 5.85. The molecule has 1 heterocycles. The first-order chi connectivity index (χ1) is 15.2. The smallest absolute Gasteiger partial charge is 0.221 e. The van der Waals surface area contributed by atoms with Crippen molar-refractivity contribution in [3.63, 3.8) is 0 Å². The van der Waals surface area contributed by atoms with Crippen LogP contribution >= 0.6 is 0 Å². The maximum absolute atomic E-state index is 5.56. The van der Waals surface area contributed by atoms with Crippen molar-refractivity contribution in [2.45, 2.75) is 13.8 Å². The molecule has 0 amide bonds. The zero-order chi connectivity index (χ0) is 21.4. The van der Waals surface area contributed by atoms with Gasteiger partial charge in [0.1, 0.15) is 12.3 Å². The van der Waals surface area contributed by atoms with Crippen LogP contribution in [0.3, 0.4) is 0 Å². The summed E-state index contributed by atoms with van der Waals surface area (Å²) in [5.74, 6) is 0.904. The molecule has 0 N–H and O–H groups in total. The zero-order valence-corrected chi connectivity index (χ0v) is 18.3. The van der Waals surface area contributed by atoms with Crippen molar-refractivity contribution < 1.29 is 9.31 Å². The summed E-state index contributed by atoms with van der Waals surface area (Å²) in [6, 6.07) is 30.3. The Hall–Kier alpha value is -3.59. The number of rotatable bonds is 6. The van der Waals surface area contributed by atoms with Crippen LogP contribution in [0.1, 0.15) is 25.0 Å². The number of ether oxygens (including phenoxy) is 1. The molecule has 0 fully saturated rings. The molecule has 0 aromatic heterocycles. The fourth-order valence-corrected chi connectivity index (χ4v) is 4.57. The van der Waals surface area contributed by atoms with Crippen molar-refractivity contribution in [3.8, 4) is 5.75 Å². The molecule has 4 aromatic rings. The largest absolute Gasteiger partial charge is 0.494 e. The molecule has 31 heavy (non-hydrogen) atoms. The first-order valence-electron chi connectivity index (χ1n) is 10.9. The Bertz CT molecular complexity index is 1270. The van der Waals surface area contributed by atoms with E-state index < -0.39 is 0 Å². The molecule has 3 nitrogen and oxygen atoms in total. The quantitative estimate of drug-likeness (QED) is 0.338. The van der Waals surface area contributed by atoms with Crippen LogP contribution < -0.4 is 9.64 Å². The Kier molecular flexibility index (Phi) is 4.95. The summed E-state index contributed by atoms with van der Waals surface area (Å²) in [5.41, 5.74) is 7.46. The Morgan fingerprint density at radius 2 is 1.42 bits per heavy atom. The summed E-state index contributed by atoms with van der Waals surface area (Å²) >= 11 is 0.